The minimum Gasteiger partial charge on any atom is -0.370 e. The highest BCUT2D eigenvalue weighted by Gasteiger charge is 2.31. The van der Waals surface area contributed by atoms with Crippen molar-refractivity contribution in [2.75, 3.05) is 18.0 Å². The van der Waals surface area contributed by atoms with Crippen LogP contribution in [0.5, 0.6) is 0 Å². The van der Waals surface area contributed by atoms with E-state index in [1.807, 2.05) is 18.2 Å². The molecule has 0 spiro atoms. The van der Waals surface area contributed by atoms with Gasteiger partial charge in [-0.1, -0.05) is 112 Å². The summed E-state index contributed by atoms with van der Waals surface area (Å²) in [5.74, 6) is 2.35. The van der Waals surface area contributed by atoms with E-state index in [0.717, 1.165) is 42.5 Å². The fraction of sp³-hybridized carbons (Fsp3) is 0.408. The van der Waals surface area contributed by atoms with E-state index in [2.05, 4.69) is 141 Å². The van der Waals surface area contributed by atoms with Crippen LogP contribution in [0.2, 0.25) is 0 Å². The Morgan fingerprint density at radius 3 is 2.37 bits per heavy atom. The van der Waals surface area contributed by atoms with Crippen LogP contribution in [0.15, 0.2) is 110 Å². The molecule has 2 aromatic carbocycles. The first-order chi connectivity index (χ1) is 25.1. The lowest BCUT2D eigenvalue weighted by atomic mass is 9.70. The lowest BCUT2D eigenvalue weighted by Crippen LogP contribution is -2.45. The Kier molecular flexibility index (Phi) is 14.3. The van der Waals surface area contributed by atoms with Gasteiger partial charge in [0.25, 0.3) is 0 Å². The maximum Gasteiger partial charge on any atom is 0.0406 e. The average Bonchev–Trinajstić information content (AvgIpc) is 3.10. The second kappa shape index (κ2) is 18.8. The van der Waals surface area contributed by atoms with Gasteiger partial charge in [-0.3, -0.25) is 4.98 Å². The Labute approximate surface area is 318 Å². The summed E-state index contributed by atoms with van der Waals surface area (Å²) in [4.78, 5) is 7.35. The summed E-state index contributed by atoms with van der Waals surface area (Å²) in [5, 5.41) is 0.370. The molecule has 2 heterocycles. The van der Waals surface area contributed by atoms with Crippen LogP contribution in [-0.4, -0.2) is 23.2 Å². The van der Waals surface area contributed by atoms with Gasteiger partial charge in [0.05, 0.1) is 0 Å². The zero-order chi connectivity index (χ0) is 37.1. The van der Waals surface area contributed by atoms with E-state index in [0.29, 0.717) is 11.1 Å². The number of rotatable bonds is 19. The highest BCUT2D eigenvalue weighted by atomic mass is 31.0. The van der Waals surface area contributed by atoms with Gasteiger partial charge in [-0.2, -0.15) is 0 Å². The molecule has 1 saturated carbocycles. The molecule has 0 N–H and O–H groups in total. The zero-order valence-corrected chi connectivity index (χ0v) is 33.7. The summed E-state index contributed by atoms with van der Waals surface area (Å²) in [7, 11) is 3.21. The number of pyridine rings is 1. The minimum absolute atomic E-state index is 0.370. The van der Waals surface area contributed by atoms with Crippen molar-refractivity contribution in [3.8, 4) is 11.1 Å². The number of hydrogen-bond acceptors (Lipinski definition) is 2. The van der Waals surface area contributed by atoms with Crippen molar-refractivity contribution in [2.45, 2.75) is 97.1 Å². The van der Waals surface area contributed by atoms with Crippen LogP contribution < -0.4 is 4.90 Å². The number of aromatic nitrogens is 1. The van der Waals surface area contributed by atoms with Crippen LogP contribution in [0.25, 0.3) is 28.9 Å². The summed E-state index contributed by atoms with van der Waals surface area (Å²) in [6.07, 6.45) is 30.0. The highest BCUT2D eigenvalue weighted by molar-refractivity contribution is 7.18. The van der Waals surface area contributed by atoms with Gasteiger partial charge < -0.3 is 4.90 Å². The first-order valence-electron chi connectivity index (χ1n) is 19.7. The van der Waals surface area contributed by atoms with E-state index in [1.54, 1.807) is 0 Å². The standard InChI is InChI=1S/C49H63N2P/c1-8-17-36(5)47(11-4)48-24-21-43(28-37(48)6)44-19-22-45(50-33-44)31-40-29-38(30-40)25-27-49(7,52)26-16-14-12-13-15-18-39-34-51(35-39)46-23-20-41(9-2)42(10-3)32-46/h8-11,15,17-24,28,32-33,38-40H,2-4,12-14,16,25-27,29-31,34-35,52H2,1,5-7H3/b17-8-,18-15-,47-36+. The fourth-order valence-electron chi connectivity index (χ4n) is 8.14. The van der Waals surface area contributed by atoms with Gasteiger partial charge in [0.15, 0.2) is 0 Å². The van der Waals surface area contributed by atoms with Crippen LogP contribution in [0.3, 0.4) is 0 Å². The molecule has 1 aliphatic heterocycles. The van der Waals surface area contributed by atoms with Gasteiger partial charge in [0.2, 0.25) is 0 Å². The second-order valence-electron chi connectivity index (χ2n) is 15.9. The van der Waals surface area contributed by atoms with Crippen LogP contribution in [0, 0.1) is 24.7 Å². The highest BCUT2D eigenvalue weighted by Crippen LogP contribution is 2.42. The van der Waals surface area contributed by atoms with Gasteiger partial charge in [-0.15, -0.1) is 9.24 Å². The van der Waals surface area contributed by atoms with Crippen LogP contribution in [0.1, 0.15) is 107 Å². The molecule has 2 unspecified atom stereocenters. The maximum atomic E-state index is 4.89. The quantitative estimate of drug-likeness (QED) is 0.0533. The van der Waals surface area contributed by atoms with Crippen molar-refractivity contribution < 1.29 is 0 Å². The summed E-state index contributed by atoms with van der Waals surface area (Å²) in [6, 6.07) is 17.8. The number of benzene rings is 2. The van der Waals surface area contributed by atoms with Crippen molar-refractivity contribution in [1.29, 1.82) is 0 Å². The number of unbranched alkanes of at least 4 members (excludes halogenated alkanes) is 3. The number of hydrogen-bond donors (Lipinski definition) is 0. The minimum atomic E-state index is 0.370. The molecule has 3 heteroatoms. The largest absolute Gasteiger partial charge is 0.370 e. The van der Waals surface area contributed by atoms with E-state index in [-0.39, 0.29) is 0 Å². The molecule has 0 radical (unpaired) electrons. The first-order valence-corrected chi connectivity index (χ1v) is 20.3. The van der Waals surface area contributed by atoms with E-state index in [9.17, 15) is 0 Å². The number of anilines is 1. The van der Waals surface area contributed by atoms with Gasteiger partial charge in [-0.25, -0.2) is 0 Å². The van der Waals surface area contributed by atoms with Crippen LogP contribution >= 0.6 is 9.24 Å². The van der Waals surface area contributed by atoms with Gasteiger partial charge in [-0.05, 0) is 146 Å². The topological polar surface area (TPSA) is 16.1 Å². The summed E-state index contributed by atoms with van der Waals surface area (Å²) >= 11 is 0. The molecule has 5 rings (SSSR count). The Morgan fingerprint density at radius 1 is 0.923 bits per heavy atom. The van der Waals surface area contributed by atoms with Crippen molar-refractivity contribution in [3.63, 3.8) is 0 Å². The van der Waals surface area contributed by atoms with Crippen LogP contribution in [-0.2, 0) is 6.42 Å². The molecule has 2 aliphatic rings. The summed E-state index contributed by atoms with van der Waals surface area (Å²) in [5.41, 5.74) is 12.2. The Bertz CT molecular complexity index is 1760. The predicted octanol–water partition coefficient (Wildman–Crippen LogP) is 13.5. The molecule has 274 valence electrons. The van der Waals surface area contributed by atoms with Crippen molar-refractivity contribution in [3.05, 3.63) is 138 Å². The van der Waals surface area contributed by atoms with Crippen LogP contribution in [0.4, 0.5) is 5.69 Å². The third-order valence-corrected chi connectivity index (χ3v) is 12.1. The third-order valence-electron chi connectivity index (χ3n) is 11.5. The van der Waals surface area contributed by atoms with E-state index in [1.165, 1.54) is 103 Å². The van der Waals surface area contributed by atoms with Crippen molar-refractivity contribution >= 4 is 32.7 Å². The van der Waals surface area contributed by atoms with E-state index in [4.69, 9.17) is 4.98 Å². The molecular formula is C49H63N2P. The normalized spacial score (nSPS) is 19.2. The second-order valence-corrected chi connectivity index (χ2v) is 17.3. The number of nitrogens with zero attached hydrogens (tertiary/aromatic N) is 2. The molecule has 52 heavy (non-hydrogen) atoms. The molecule has 1 aliphatic carbocycles. The SMILES string of the molecule is C=C/C(=C(C)\C=C/C)c1ccc(-c2ccc(CC3CC(CCC(C)(P)CCCCC/C=C\C4CN(c5ccc(C=C)c(C=C)c5)C4)C3)nc2)cc1C. The Hall–Kier alpha value is -3.74. The molecular weight excluding hydrogens is 648 g/mol. The summed E-state index contributed by atoms with van der Waals surface area (Å²) in [6.45, 7) is 23.0. The summed E-state index contributed by atoms with van der Waals surface area (Å²) < 4.78 is 0. The number of aryl methyl sites for hydroxylation is 1. The third kappa shape index (κ3) is 10.7. The first kappa shape index (κ1) is 39.5. The van der Waals surface area contributed by atoms with Gasteiger partial charge >= 0.3 is 0 Å². The smallest absolute Gasteiger partial charge is 0.0406 e. The number of allylic oxidation sites excluding steroid dienone is 6. The van der Waals surface area contributed by atoms with E-state index >= 15 is 0 Å². The lowest BCUT2D eigenvalue weighted by molar-refractivity contribution is 0.172. The Balaban J connectivity index is 0.939. The molecule has 3 aromatic rings. The monoisotopic (exact) mass is 710 g/mol. The van der Waals surface area contributed by atoms with E-state index < -0.39 is 0 Å². The molecule has 2 fully saturated rings. The molecule has 1 saturated heterocycles. The molecule has 1 aromatic heterocycles. The zero-order valence-electron chi connectivity index (χ0n) is 32.5. The van der Waals surface area contributed by atoms with Crippen molar-refractivity contribution in [2.24, 2.45) is 17.8 Å². The molecule has 0 amide bonds. The maximum absolute atomic E-state index is 4.89. The average molecular weight is 711 g/mol. The Morgan fingerprint density at radius 2 is 1.69 bits per heavy atom. The van der Waals surface area contributed by atoms with Crippen molar-refractivity contribution in [1.82, 2.24) is 4.98 Å². The van der Waals surface area contributed by atoms with Gasteiger partial charge in [0, 0.05) is 42.1 Å². The molecule has 0 bridgehead atoms. The predicted molar refractivity (Wildman–Crippen MR) is 234 cm³/mol. The molecule has 2 nitrogen and oxygen atoms in total. The van der Waals surface area contributed by atoms with Gasteiger partial charge in [0.1, 0.15) is 0 Å². The lowest BCUT2D eigenvalue weighted by Gasteiger charge is -2.40. The fourth-order valence-corrected chi connectivity index (χ4v) is 8.51. The molecule has 2 atom stereocenters.